The number of amides is 2. The van der Waals surface area contributed by atoms with Gasteiger partial charge in [-0.3, -0.25) is 19.8 Å². The van der Waals surface area contributed by atoms with Crippen molar-refractivity contribution in [2.24, 2.45) is 11.8 Å². The number of carbonyl (C=O) groups is 3. The number of methoxy groups -OCH3 is 1. The van der Waals surface area contributed by atoms with Gasteiger partial charge < -0.3 is 15.0 Å². The quantitative estimate of drug-likeness (QED) is 0.231. The number of esters is 1. The molecule has 0 aromatic carbocycles. The smallest absolute Gasteiger partial charge is 0.323 e. The predicted molar refractivity (Wildman–Crippen MR) is 91.5 cm³/mol. The van der Waals surface area contributed by atoms with Crippen molar-refractivity contribution in [2.75, 3.05) is 30.4 Å². The number of rotatable bonds is 4. The molecule has 1 aromatic heterocycles. The van der Waals surface area contributed by atoms with E-state index in [4.69, 9.17) is 10.6 Å². The number of hydrogen-bond donors (Lipinski definition) is 3. The number of nitrogens with zero attached hydrogens (tertiary/aromatic N) is 2. The van der Waals surface area contributed by atoms with Gasteiger partial charge >= 0.3 is 17.8 Å². The van der Waals surface area contributed by atoms with Crippen molar-refractivity contribution < 1.29 is 19.1 Å². The fourth-order valence-corrected chi connectivity index (χ4v) is 2.89. The van der Waals surface area contributed by atoms with E-state index in [-0.39, 0.29) is 5.97 Å². The van der Waals surface area contributed by atoms with Gasteiger partial charge in [0.2, 0.25) is 0 Å². The summed E-state index contributed by atoms with van der Waals surface area (Å²) in [6.07, 6.45) is 3.74. The average Bonchev–Trinajstić information content (AvgIpc) is 2.61. The van der Waals surface area contributed by atoms with Gasteiger partial charge in [0, 0.05) is 19.5 Å². The molecule has 1 aromatic rings. The Labute approximate surface area is 145 Å². The molecular weight excluding hydrogens is 326 g/mol. The van der Waals surface area contributed by atoms with Crippen LogP contribution in [0, 0.1) is 12.8 Å². The molecule has 0 radical (unpaired) electrons. The van der Waals surface area contributed by atoms with Gasteiger partial charge in [0.1, 0.15) is 5.82 Å². The molecule has 1 aliphatic heterocycles. The lowest BCUT2D eigenvalue weighted by molar-refractivity contribution is -0.141. The van der Waals surface area contributed by atoms with E-state index in [1.165, 1.54) is 13.3 Å². The van der Waals surface area contributed by atoms with Crippen LogP contribution in [-0.2, 0) is 19.1 Å². The number of hydrogen-bond acceptors (Lipinski definition) is 7. The zero-order valence-corrected chi connectivity index (χ0v) is 14.4. The lowest BCUT2D eigenvalue weighted by Gasteiger charge is -2.33. The van der Waals surface area contributed by atoms with Crippen LogP contribution < -0.4 is 21.5 Å². The van der Waals surface area contributed by atoms with E-state index in [1.807, 2.05) is 6.92 Å². The molecule has 4 N–H and O–H groups in total. The number of carbonyl (C=O) groups excluding carboxylic acids is 3. The van der Waals surface area contributed by atoms with E-state index in [9.17, 15) is 14.4 Å². The molecule has 0 saturated carbocycles. The molecule has 2 rings (SSSR count). The number of nitrogens with one attached hydrogen (secondary N) is 2. The number of piperidine rings is 1. The third kappa shape index (κ3) is 4.90. The zero-order chi connectivity index (χ0) is 18.4. The maximum Gasteiger partial charge on any atom is 0.323 e. The lowest BCUT2D eigenvalue weighted by atomic mass is 9.93. The molecule has 0 aliphatic carbocycles. The first kappa shape index (κ1) is 18.7. The Kier molecular flexibility index (Phi) is 6.29. The molecule has 136 valence electrons. The SMILES string of the molecule is COC(=O)CC1CCN(c2ncc(NC(=O)C(=O)NN)cc2C)CC1. The molecule has 0 bridgehead atoms. The van der Waals surface area contributed by atoms with E-state index in [1.54, 1.807) is 11.5 Å². The van der Waals surface area contributed by atoms with Gasteiger partial charge in [-0.25, -0.2) is 10.8 Å². The van der Waals surface area contributed by atoms with Crippen molar-refractivity contribution in [3.05, 3.63) is 17.8 Å². The maximum absolute atomic E-state index is 11.5. The Bertz CT molecular complexity index is 656. The topological polar surface area (TPSA) is 127 Å². The third-order valence-corrected chi connectivity index (χ3v) is 4.24. The molecule has 0 unspecified atom stereocenters. The molecule has 2 heterocycles. The standard InChI is InChI=1S/C16H23N5O4/c1-10-7-12(19-15(23)16(24)20-17)9-18-14(10)21-5-3-11(4-6-21)8-13(22)25-2/h7,9,11H,3-6,8,17H2,1-2H3,(H,19,23)(H,20,24). The van der Waals surface area contributed by atoms with Crippen molar-refractivity contribution in [2.45, 2.75) is 26.2 Å². The summed E-state index contributed by atoms with van der Waals surface area (Å²) in [4.78, 5) is 40.6. The zero-order valence-electron chi connectivity index (χ0n) is 14.4. The van der Waals surface area contributed by atoms with Crippen LogP contribution in [0.25, 0.3) is 0 Å². The molecule has 1 fully saturated rings. The summed E-state index contributed by atoms with van der Waals surface area (Å²) in [7, 11) is 1.40. The van der Waals surface area contributed by atoms with Crippen molar-refractivity contribution in [1.82, 2.24) is 10.4 Å². The Morgan fingerprint density at radius 3 is 2.56 bits per heavy atom. The molecule has 1 saturated heterocycles. The highest BCUT2D eigenvalue weighted by molar-refractivity contribution is 6.39. The van der Waals surface area contributed by atoms with Crippen LogP contribution in [0.2, 0.25) is 0 Å². The van der Waals surface area contributed by atoms with Gasteiger partial charge in [0.05, 0.1) is 19.0 Å². The normalized spacial score (nSPS) is 14.8. The number of pyridine rings is 1. The highest BCUT2D eigenvalue weighted by Gasteiger charge is 2.23. The van der Waals surface area contributed by atoms with Gasteiger partial charge in [-0.2, -0.15) is 0 Å². The van der Waals surface area contributed by atoms with Crippen LogP contribution >= 0.6 is 0 Å². The van der Waals surface area contributed by atoms with Crippen molar-refractivity contribution in [3.63, 3.8) is 0 Å². The second kappa shape index (κ2) is 8.43. The van der Waals surface area contributed by atoms with Crippen LogP contribution in [-0.4, -0.2) is 43.0 Å². The van der Waals surface area contributed by atoms with E-state index >= 15 is 0 Å². The minimum atomic E-state index is -0.922. The van der Waals surface area contributed by atoms with E-state index in [0.717, 1.165) is 37.3 Å². The Morgan fingerprint density at radius 2 is 2.00 bits per heavy atom. The third-order valence-electron chi connectivity index (χ3n) is 4.24. The maximum atomic E-state index is 11.5. The molecule has 1 aliphatic rings. The molecule has 9 heteroatoms. The molecule has 0 atom stereocenters. The molecule has 2 amide bonds. The van der Waals surface area contributed by atoms with Gasteiger partial charge in [-0.1, -0.05) is 0 Å². The van der Waals surface area contributed by atoms with Gasteiger partial charge in [-0.05, 0) is 37.3 Å². The Hall–Kier alpha value is -2.68. The van der Waals surface area contributed by atoms with Crippen LogP contribution in [0.1, 0.15) is 24.8 Å². The number of aryl methyl sites for hydroxylation is 1. The minimum Gasteiger partial charge on any atom is -0.469 e. The van der Waals surface area contributed by atoms with Gasteiger partial charge in [0.15, 0.2) is 0 Å². The number of aromatic nitrogens is 1. The van der Waals surface area contributed by atoms with Gasteiger partial charge in [0.25, 0.3) is 0 Å². The average molecular weight is 349 g/mol. The summed E-state index contributed by atoms with van der Waals surface area (Å²) in [5.74, 6) is 4.14. The first-order valence-corrected chi connectivity index (χ1v) is 8.05. The summed E-state index contributed by atoms with van der Waals surface area (Å²) in [5.41, 5.74) is 3.08. The van der Waals surface area contributed by atoms with Crippen molar-refractivity contribution in [3.8, 4) is 0 Å². The van der Waals surface area contributed by atoms with E-state index < -0.39 is 11.8 Å². The summed E-state index contributed by atoms with van der Waals surface area (Å²) in [5, 5.41) is 2.44. The van der Waals surface area contributed by atoms with Crippen LogP contribution in [0.5, 0.6) is 0 Å². The molecular formula is C16H23N5O4. The van der Waals surface area contributed by atoms with E-state index in [0.29, 0.717) is 18.0 Å². The lowest BCUT2D eigenvalue weighted by Crippen LogP contribution is -2.39. The highest BCUT2D eigenvalue weighted by atomic mass is 16.5. The van der Waals surface area contributed by atoms with Crippen LogP contribution in [0.3, 0.4) is 0 Å². The first-order chi connectivity index (χ1) is 11.9. The summed E-state index contributed by atoms with van der Waals surface area (Å²) in [6.45, 7) is 3.50. The van der Waals surface area contributed by atoms with Gasteiger partial charge in [-0.15, -0.1) is 0 Å². The second-order valence-corrected chi connectivity index (χ2v) is 6.00. The number of nitrogens with two attached hydrogens (primary N) is 1. The number of hydrazine groups is 1. The summed E-state index contributed by atoms with van der Waals surface area (Å²) in [6, 6.07) is 1.75. The Balaban J connectivity index is 1.96. The minimum absolute atomic E-state index is 0.172. The van der Waals surface area contributed by atoms with Crippen molar-refractivity contribution >= 4 is 29.3 Å². The summed E-state index contributed by atoms with van der Waals surface area (Å²) < 4.78 is 4.72. The second-order valence-electron chi connectivity index (χ2n) is 6.00. The van der Waals surface area contributed by atoms with Crippen LogP contribution in [0.15, 0.2) is 12.3 Å². The molecule has 9 nitrogen and oxygen atoms in total. The van der Waals surface area contributed by atoms with Crippen LogP contribution in [0.4, 0.5) is 11.5 Å². The number of ether oxygens (including phenoxy) is 1. The number of anilines is 2. The van der Waals surface area contributed by atoms with Crippen molar-refractivity contribution in [1.29, 1.82) is 0 Å². The molecule has 0 spiro atoms. The first-order valence-electron chi connectivity index (χ1n) is 8.05. The summed E-state index contributed by atoms with van der Waals surface area (Å²) >= 11 is 0. The fraction of sp³-hybridized carbons (Fsp3) is 0.500. The monoisotopic (exact) mass is 349 g/mol. The Morgan fingerprint density at radius 1 is 1.32 bits per heavy atom. The largest absolute Gasteiger partial charge is 0.469 e. The predicted octanol–water partition coefficient (Wildman–Crippen LogP) is 0.0979. The highest BCUT2D eigenvalue weighted by Crippen LogP contribution is 2.27. The molecule has 25 heavy (non-hydrogen) atoms. The van der Waals surface area contributed by atoms with E-state index in [2.05, 4.69) is 15.2 Å². The fourth-order valence-electron chi connectivity index (χ4n) is 2.89.